The van der Waals surface area contributed by atoms with Crippen LogP contribution in [0.1, 0.15) is 12.0 Å². The number of hydrogen-bond acceptors (Lipinski definition) is 5. The molecule has 1 aliphatic rings. The molecule has 0 fully saturated rings. The molecular weight excluding hydrogens is 300 g/mol. The van der Waals surface area contributed by atoms with Gasteiger partial charge in [-0.3, -0.25) is 15.1 Å². The highest BCUT2D eigenvalue weighted by Gasteiger charge is 2.19. The van der Waals surface area contributed by atoms with Crippen LogP contribution in [0.3, 0.4) is 0 Å². The van der Waals surface area contributed by atoms with E-state index < -0.39 is 0 Å². The lowest BCUT2D eigenvalue weighted by Gasteiger charge is -2.27. The molecule has 2 rings (SSSR count). The van der Waals surface area contributed by atoms with Crippen molar-refractivity contribution in [2.24, 2.45) is 4.99 Å². The largest absolute Gasteiger partial charge is 0.350 e. The van der Waals surface area contributed by atoms with E-state index in [0.717, 1.165) is 23.1 Å². The van der Waals surface area contributed by atoms with Crippen LogP contribution in [0.15, 0.2) is 27.9 Å². The third-order valence-electron chi connectivity index (χ3n) is 2.68. The number of halogens is 1. The summed E-state index contributed by atoms with van der Waals surface area (Å²) in [5, 5.41) is 10.6. The van der Waals surface area contributed by atoms with Gasteiger partial charge in [0, 0.05) is 30.8 Å². The second kappa shape index (κ2) is 5.90. The van der Waals surface area contributed by atoms with Gasteiger partial charge in [0.15, 0.2) is 5.84 Å². The van der Waals surface area contributed by atoms with E-state index in [1.807, 2.05) is 17.0 Å². The third-order valence-corrected chi connectivity index (χ3v) is 3.15. The standard InChI is InChI=1S/C11H13BrN4O2/c12-10-3-2-9(6-14-10)7-15-5-1-4-13-11(15)8-16(17)18/h2-3,6H,1,4-5,7-8H2. The minimum Gasteiger partial charge on any atom is -0.350 e. The minimum atomic E-state index is -0.336. The smallest absolute Gasteiger partial charge is 0.260 e. The van der Waals surface area contributed by atoms with E-state index in [4.69, 9.17) is 0 Å². The Hall–Kier alpha value is -1.50. The molecule has 0 radical (unpaired) electrons. The Balaban J connectivity index is 2.06. The fourth-order valence-electron chi connectivity index (χ4n) is 1.85. The second-order valence-electron chi connectivity index (χ2n) is 4.05. The first-order chi connectivity index (χ1) is 8.65. The zero-order valence-corrected chi connectivity index (χ0v) is 11.3. The van der Waals surface area contributed by atoms with Gasteiger partial charge in [0.05, 0.1) is 0 Å². The van der Waals surface area contributed by atoms with Crippen LogP contribution in [-0.4, -0.2) is 40.3 Å². The van der Waals surface area contributed by atoms with Gasteiger partial charge in [-0.05, 0) is 34.0 Å². The van der Waals surface area contributed by atoms with Gasteiger partial charge in [-0.1, -0.05) is 6.07 Å². The lowest BCUT2D eigenvalue weighted by atomic mass is 10.2. The maximum Gasteiger partial charge on any atom is 0.260 e. The molecule has 0 atom stereocenters. The number of hydrogen-bond donors (Lipinski definition) is 0. The molecular formula is C11H13BrN4O2. The number of amidine groups is 1. The number of pyridine rings is 1. The molecule has 0 aromatic carbocycles. The Morgan fingerprint density at radius 1 is 1.50 bits per heavy atom. The summed E-state index contributed by atoms with van der Waals surface area (Å²) in [5.74, 6) is 0.564. The van der Waals surface area contributed by atoms with E-state index in [1.54, 1.807) is 6.20 Å². The minimum absolute atomic E-state index is 0.204. The molecule has 7 heteroatoms. The van der Waals surface area contributed by atoms with Gasteiger partial charge in [0.2, 0.25) is 0 Å². The number of nitro groups is 1. The van der Waals surface area contributed by atoms with E-state index in [1.165, 1.54) is 0 Å². The summed E-state index contributed by atoms with van der Waals surface area (Å²) in [6.07, 6.45) is 2.70. The summed E-state index contributed by atoms with van der Waals surface area (Å²) in [7, 11) is 0. The average molecular weight is 313 g/mol. The molecule has 96 valence electrons. The predicted octanol–water partition coefficient (Wildman–Crippen LogP) is 1.72. The molecule has 0 saturated carbocycles. The van der Waals surface area contributed by atoms with Crippen molar-refractivity contribution in [2.45, 2.75) is 13.0 Å². The number of rotatable bonds is 4. The summed E-state index contributed by atoms with van der Waals surface area (Å²) in [6.45, 7) is 1.90. The molecule has 0 bridgehead atoms. The van der Waals surface area contributed by atoms with E-state index in [2.05, 4.69) is 25.9 Å². The van der Waals surface area contributed by atoms with Gasteiger partial charge < -0.3 is 4.90 Å². The van der Waals surface area contributed by atoms with Crippen molar-refractivity contribution in [1.82, 2.24) is 9.88 Å². The molecule has 0 spiro atoms. The van der Waals surface area contributed by atoms with Crippen molar-refractivity contribution in [3.05, 3.63) is 38.6 Å². The van der Waals surface area contributed by atoms with Crippen molar-refractivity contribution >= 4 is 21.8 Å². The lowest BCUT2D eigenvalue weighted by molar-refractivity contribution is -0.464. The summed E-state index contributed by atoms with van der Waals surface area (Å²) in [5.41, 5.74) is 1.02. The summed E-state index contributed by atoms with van der Waals surface area (Å²) >= 11 is 3.28. The molecule has 2 heterocycles. The summed E-state index contributed by atoms with van der Waals surface area (Å²) in [4.78, 5) is 20.6. The normalized spacial score (nSPS) is 15.4. The Bertz CT molecular complexity index is 461. The predicted molar refractivity (Wildman–Crippen MR) is 71.1 cm³/mol. The summed E-state index contributed by atoms with van der Waals surface area (Å²) < 4.78 is 0.782. The second-order valence-corrected chi connectivity index (χ2v) is 4.87. The SMILES string of the molecule is O=[N+]([O-])CC1=NCCCN1Cc1ccc(Br)nc1. The van der Waals surface area contributed by atoms with E-state index in [0.29, 0.717) is 18.9 Å². The molecule has 1 aliphatic heterocycles. The van der Waals surface area contributed by atoms with Crippen LogP contribution >= 0.6 is 15.9 Å². The zero-order valence-electron chi connectivity index (χ0n) is 9.75. The van der Waals surface area contributed by atoms with Crippen LogP contribution in [0.5, 0.6) is 0 Å². The number of aliphatic imine (C=N–C) groups is 1. The molecule has 1 aromatic heterocycles. The lowest BCUT2D eigenvalue weighted by Crippen LogP contribution is -2.39. The first-order valence-electron chi connectivity index (χ1n) is 5.65. The van der Waals surface area contributed by atoms with Crippen LogP contribution in [0.25, 0.3) is 0 Å². The molecule has 0 amide bonds. The van der Waals surface area contributed by atoms with Crippen LogP contribution in [0.2, 0.25) is 0 Å². The fourth-order valence-corrected chi connectivity index (χ4v) is 2.09. The molecule has 18 heavy (non-hydrogen) atoms. The van der Waals surface area contributed by atoms with Gasteiger partial charge in [-0.25, -0.2) is 4.98 Å². The Labute approximate surface area is 113 Å². The van der Waals surface area contributed by atoms with Crippen molar-refractivity contribution in [2.75, 3.05) is 19.6 Å². The Morgan fingerprint density at radius 2 is 2.33 bits per heavy atom. The first kappa shape index (κ1) is 12.9. The summed E-state index contributed by atoms with van der Waals surface area (Å²) in [6, 6.07) is 3.82. The highest BCUT2D eigenvalue weighted by Crippen LogP contribution is 2.12. The maximum absolute atomic E-state index is 10.6. The quantitative estimate of drug-likeness (QED) is 0.482. The fraction of sp³-hybridized carbons (Fsp3) is 0.455. The molecule has 1 aromatic rings. The van der Waals surface area contributed by atoms with Crippen LogP contribution in [-0.2, 0) is 6.54 Å². The Kier molecular flexibility index (Phi) is 4.24. The molecule has 6 nitrogen and oxygen atoms in total. The van der Waals surface area contributed by atoms with Crippen molar-refractivity contribution in [3.63, 3.8) is 0 Å². The van der Waals surface area contributed by atoms with Crippen LogP contribution in [0, 0.1) is 10.1 Å². The Morgan fingerprint density at radius 3 is 3.00 bits per heavy atom. The molecule has 0 N–H and O–H groups in total. The van der Waals surface area contributed by atoms with Crippen molar-refractivity contribution in [1.29, 1.82) is 0 Å². The molecule has 0 aliphatic carbocycles. The monoisotopic (exact) mass is 312 g/mol. The average Bonchev–Trinajstić information content (AvgIpc) is 2.34. The first-order valence-corrected chi connectivity index (χ1v) is 6.45. The van der Waals surface area contributed by atoms with Gasteiger partial charge >= 0.3 is 0 Å². The van der Waals surface area contributed by atoms with E-state index >= 15 is 0 Å². The van der Waals surface area contributed by atoms with Crippen molar-refractivity contribution < 1.29 is 4.92 Å². The third kappa shape index (κ3) is 3.49. The van der Waals surface area contributed by atoms with Gasteiger partial charge in [-0.2, -0.15) is 0 Å². The van der Waals surface area contributed by atoms with Gasteiger partial charge in [-0.15, -0.1) is 0 Å². The van der Waals surface area contributed by atoms with Gasteiger partial charge in [0.25, 0.3) is 6.54 Å². The topological polar surface area (TPSA) is 71.6 Å². The van der Waals surface area contributed by atoms with Crippen LogP contribution < -0.4 is 0 Å². The molecule has 0 saturated heterocycles. The zero-order chi connectivity index (χ0) is 13.0. The number of aromatic nitrogens is 1. The maximum atomic E-state index is 10.6. The van der Waals surface area contributed by atoms with E-state index in [-0.39, 0.29) is 11.5 Å². The highest BCUT2D eigenvalue weighted by atomic mass is 79.9. The highest BCUT2D eigenvalue weighted by molar-refractivity contribution is 9.10. The van der Waals surface area contributed by atoms with Crippen molar-refractivity contribution in [3.8, 4) is 0 Å². The number of nitrogens with zero attached hydrogens (tertiary/aromatic N) is 4. The molecule has 0 unspecified atom stereocenters. The van der Waals surface area contributed by atoms with E-state index in [9.17, 15) is 10.1 Å². The van der Waals surface area contributed by atoms with Crippen LogP contribution in [0.4, 0.5) is 0 Å². The van der Waals surface area contributed by atoms with Gasteiger partial charge in [0.1, 0.15) is 4.60 Å².